The summed E-state index contributed by atoms with van der Waals surface area (Å²) in [5.74, 6) is 0.305. The molecule has 0 saturated carbocycles. The van der Waals surface area contributed by atoms with Crippen LogP contribution in [-0.4, -0.2) is 25.8 Å². The second-order valence-corrected chi connectivity index (χ2v) is 5.11. The highest BCUT2D eigenvalue weighted by molar-refractivity contribution is 6.03. The number of carbonyl (C=O) groups excluding carboxylic acids is 2. The fourth-order valence-corrected chi connectivity index (χ4v) is 2.55. The van der Waals surface area contributed by atoms with Gasteiger partial charge in [0.05, 0.1) is 20.6 Å². The van der Waals surface area contributed by atoms with Crippen LogP contribution >= 0.6 is 0 Å². The van der Waals surface area contributed by atoms with Gasteiger partial charge < -0.3 is 13.9 Å². The topological polar surface area (TPSA) is 82.8 Å². The molecule has 0 radical (unpaired) electrons. The van der Waals surface area contributed by atoms with Crippen LogP contribution in [-0.2, 0) is 9.53 Å². The zero-order valence-electron chi connectivity index (χ0n) is 12.7. The number of ether oxygens (including phenoxy) is 2. The monoisotopic (exact) mass is 314 g/mol. The van der Waals surface area contributed by atoms with Crippen molar-refractivity contribution in [3.05, 3.63) is 51.3 Å². The van der Waals surface area contributed by atoms with E-state index in [-0.39, 0.29) is 47.2 Å². The van der Waals surface area contributed by atoms with Gasteiger partial charge in [0.15, 0.2) is 17.3 Å². The van der Waals surface area contributed by atoms with E-state index >= 15 is 0 Å². The van der Waals surface area contributed by atoms with Gasteiger partial charge in [-0.05, 0) is 12.2 Å². The summed E-state index contributed by atoms with van der Waals surface area (Å²) in [6.45, 7) is 0. The predicted octanol–water partition coefficient (Wildman–Crippen LogP) is 2.13. The summed E-state index contributed by atoms with van der Waals surface area (Å²) in [6, 6.07) is 0. The first-order valence-electron chi connectivity index (χ1n) is 6.99. The van der Waals surface area contributed by atoms with Crippen LogP contribution in [0.1, 0.15) is 34.7 Å². The smallest absolute Gasteiger partial charge is 0.238 e. The lowest BCUT2D eigenvalue weighted by atomic mass is 9.97. The molecule has 6 heteroatoms. The van der Waals surface area contributed by atoms with E-state index in [0.717, 1.165) is 0 Å². The van der Waals surface area contributed by atoms with Gasteiger partial charge in [0.25, 0.3) is 0 Å². The average molecular weight is 314 g/mol. The van der Waals surface area contributed by atoms with Crippen molar-refractivity contribution in [1.82, 2.24) is 0 Å². The van der Waals surface area contributed by atoms with Crippen LogP contribution in [0.5, 0.6) is 5.75 Å². The Hall–Kier alpha value is -2.89. The molecule has 1 aromatic rings. The summed E-state index contributed by atoms with van der Waals surface area (Å²) in [6.07, 6.45) is 6.38. The number of ketones is 2. The molecule has 0 bridgehead atoms. The van der Waals surface area contributed by atoms with Gasteiger partial charge in [0, 0.05) is 18.1 Å². The molecule has 0 fully saturated rings. The molecule has 0 amide bonds. The maximum absolute atomic E-state index is 12.6. The number of carbonyl (C=O) groups is 2. The van der Waals surface area contributed by atoms with Crippen LogP contribution in [0.25, 0.3) is 11.6 Å². The summed E-state index contributed by atoms with van der Waals surface area (Å²) in [4.78, 5) is 36.0. The van der Waals surface area contributed by atoms with Crippen LogP contribution in [0.15, 0.2) is 33.2 Å². The van der Waals surface area contributed by atoms with Gasteiger partial charge in [0.2, 0.25) is 11.2 Å². The van der Waals surface area contributed by atoms with E-state index in [1.165, 1.54) is 26.4 Å². The number of methoxy groups -OCH3 is 2. The highest BCUT2D eigenvalue weighted by atomic mass is 16.5. The molecule has 1 aromatic heterocycles. The zero-order chi connectivity index (χ0) is 16.6. The van der Waals surface area contributed by atoms with E-state index in [2.05, 4.69) is 0 Å². The molecule has 23 heavy (non-hydrogen) atoms. The molecule has 2 aliphatic rings. The van der Waals surface area contributed by atoms with E-state index in [4.69, 9.17) is 13.9 Å². The lowest BCUT2D eigenvalue weighted by Gasteiger charge is -2.17. The summed E-state index contributed by atoms with van der Waals surface area (Å²) in [5.41, 5.74) is 0.000887. The molecular formula is C17H14O6. The minimum Gasteiger partial charge on any atom is -0.500 e. The molecule has 0 aliphatic heterocycles. The molecule has 0 atom stereocenters. The first-order chi connectivity index (χ1) is 11.0. The third-order valence-electron chi connectivity index (χ3n) is 3.70. The van der Waals surface area contributed by atoms with Crippen molar-refractivity contribution in [3.8, 4) is 5.75 Å². The molecule has 0 saturated heterocycles. The number of fused-ring (bicyclic) bond motifs is 1. The Morgan fingerprint density at radius 2 is 1.87 bits per heavy atom. The van der Waals surface area contributed by atoms with Crippen molar-refractivity contribution in [2.24, 2.45) is 0 Å². The van der Waals surface area contributed by atoms with Gasteiger partial charge in [-0.2, -0.15) is 0 Å². The van der Waals surface area contributed by atoms with Gasteiger partial charge in [-0.1, -0.05) is 6.08 Å². The largest absolute Gasteiger partial charge is 0.500 e. The van der Waals surface area contributed by atoms with Crippen molar-refractivity contribution < 1.29 is 23.5 Å². The summed E-state index contributed by atoms with van der Waals surface area (Å²) in [5, 5.41) is 0. The maximum atomic E-state index is 12.6. The van der Waals surface area contributed by atoms with Crippen molar-refractivity contribution >= 4 is 23.2 Å². The summed E-state index contributed by atoms with van der Waals surface area (Å²) in [7, 11) is 2.79. The first-order valence-corrected chi connectivity index (χ1v) is 6.99. The van der Waals surface area contributed by atoms with Gasteiger partial charge in [-0.25, -0.2) is 0 Å². The quantitative estimate of drug-likeness (QED) is 0.850. The SMILES string of the molecule is COC1=Cc2oc(C3=CCC(=O)C=C3)c(OC)c(=O)c2C(=O)C1. The Balaban J connectivity index is 2.24. The predicted molar refractivity (Wildman–Crippen MR) is 82.2 cm³/mol. The Morgan fingerprint density at radius 3 is 2.48 bits per heavy atom. The highest BCUT2D eigenvalue weighted by Crippen LogP contribution is 2.32. The maximum Gasteiger partial charge on any atom is 0.238 e. The number of Topliss-reactive ketones (excluding diaryl/α,β-unsaturated/α-hetero) is 1. The van der Waals surface area contributed by atoms with Crippen LogP contribution in [0.3, 0.4) is 0 Å². The number of allylic oxidation sites excluding steroid dienone is 5. The van der Waals surface area contributed by atoms with E-state index in [1.807, 2.05) is 0 Å². The number of rotatable bonds is 3. The van der Waals surface area contributed by atoms with E-state index in [9.17, 15) is 14.4 Å². The minimum absolute atomic E-state index is 0.00780. The molecule has 118 valence electrons. The first kappa shape index (κ1) is 15.0. The Labute approximate surface area is 131 Å². The number of hydrogen-bond donors (Lipinski definition) is 0. The second kappa shape index (κ2) is 5.72. The zero-order valence-corrected chi connectivity index (χ0v) is 12.7. The molecule has 0 aromatic carbocycles. The van der Waals surface area contributed by atoms with Gasteiger partial charge in [0.1, 0.15) is 17.1 Å². The molecule has 1 heterocycles. The van der Waals surface area contributed by atoms with Crippen molar-refractivity contribution in [2.75, 3.05) is 14.2 Å². The highest BCUT2D eigenvalue weighted by Gasteiger charge is 2.29. The molecule has 0 unspecified atom stereocenters. The minimum atomic E-state index is -0.522. The van der Waals surface area contributed by atoms with Gasteiger partial charge in [-0.3, -0.25) is 14.4 Å². The van der Waals surface area contributed by atoms with Gasteiger partial charge >= 0.3 is 0 Å². The van der Waals surface area contributed by atoms with E-state index in [0.29, 0.717) is 11.3 Å². The van der Waals surface area contributed by atoms with E-state index < -0.39 is 5.43 Å². The Bertz CT molecular complexity index is 851. The third-order valence-corrected chi connectivity index (χ3v) is 3.70. The third kappa shape index (κ3) is 2.52. The lowest BCUT2D eigenvalue weighted by molar-refractivity contribution is -0.113. The molecule has 2 aliphatic carbocycles. The van der Waals surface area contributed by atoms with Crippen LogP contribution in [0.2, 0.25) is 0 Å². The van der Waals surface area contributed by atoms with Crippen molar-refractivity contribution in [1.29, 1.82) is 0 Å². The van der Waals surface area contributed by atoms with Crippen molar-refractivity contribution in [3.63, 3.8) is 0 Å². The standard InChI is InChI=1S/C17H14O6/c1-21-11-7-12(19)14-13(8-11)23-16(17(22-2)15(14)20)9-3-5-10(18)6-4-9/h3-5,8H,6-7H2,1-2H3. The van der Waals surface area contributed by atoms with Crippen LogP contribution < -0.4 is 10.2 Å². The fourth-order valence-electron chi connectivity index (χ4n) is 2.55. The molecular weight excluding hydrogens is 300 g/mol. The molecule has 6 nitrogen and oxygen atoms in total. The van der Waals surface area contributed by atoms with E-state index in [1.54, 1.807) is 12.2 Å². The second-order valence-electron chi connectivity index (χ2n) is 5.11. The normalized spacial score (nSPS) is 16.6. The van der Waals surface area contributed by atoms with Crippen LogP contribution in [0, 0.1) is 0 Å². The fraction of sp³-hybridized carbons (Fsp3) is 0.235. The Kier molecular flexibility index (Phi) is 3.73. The average Bonchev–Trinajstić information content (AvgIpc) is 2.54. The summed E-state index contributed by atoms with van der Waals surface area (Å²) >= 11 is 0. The van der Waals surface area contributed by atoms with Crippen molar-refractivity contribution in [2.45, 2.75) is 12.8 Å². The Morgan fingerprint density at radius 1 is 1.09 bits per heavy atom. The lowest BCUT2D eigenvalue weighted by Crippen LogP contribution is -2.23. The molecule has 3 rings (SSSR count). The van der Waals surface area contributed by atoms with Crippen LogP contribution in [0.4, 0.5) is 0 Å². The van der Waals surface area contributed by atoms with Gasteiger partial charge in [-0.15, -0.1) is 0 Å². The number of hydrogen-bond acceptors (Lipinski definition) is 6. The molecule has 0 spiro atoms. The summed E-state index contributed by atoms with van der Waals surface area (Å²) < 4.78 is 16.0. The molecule has 0 N–H and O–H groups in total.